The first kappa shape index (κ1) is 24.9. The smallest absolute Gasteiger partial charge is 0.308 e. The topological polar surface area (TPSA) is 81.0 Å². The Bertz CT molecular complexity index is 1670. The van der Waals surface area contributed by atoms with Crippen molar-refractivity contribution in [1.82, 2.24) is 0 Å². The van der Waals surface area contributed by atoms with E-state index in [-0.39, 0.29) is 6.42 Å². The van der Waals surface area contributed by atoms with Crippen molar-refractivity contribution in [2.75, 3.05) is 23.9 Å². The molecule has 1 aliphatic heterocycles. The first-order chi connectivity index (χ1) is 19.0. The van der Waals surface area contributed by atoms with E-state index in [0.717, 1.165) is 37.5 Å². The van der Waals surface area contributed by atoms with Crippen LogP contribution in [0.2, 0.25) is 0 Å². The van der Waals surface area contributed by atoms with Crippen molar-refractivity contribution >= 4 is 62.6 Å². The summed E-state index contributed by atoms with van der Waals surface area (Å²) < 4.78 is 17.0. The van der Waals surface area contributed by atoms with Crippen LogP contribution in [-0.4, -0.2) is 31.6 Å². The highest BCUT2D eigenvalue weighted by Gasteiger charge is 2.25. The zero-order chi connectivity index (χ0) is 26.9. The van der Waals surface area contributed by atoms with Gasteiger partial charge in [0.2, 0.25) is 0 Å². The molecule has 0 fully saturated rings. The molecule has 39 heavy (non-hydrogen) atoms. The number of methoxy groups -OCH3 is 1. The molecular formula is C31H26N2O5S. The van der Waals surface area contributed by atoms with Crippen molar-refractivity contribution < 1.29 is 23.5 Å². The van der Waals surface area contributed by atoms with E-state index in [9.17, 15) is 9.59 Å². The molecule has 8 heteroatoms. The van der Waals surface area contributed by atoms with Crippen molar-refractivity contribution in [2.45, 2.75) is 29.2 Å². The van der Waals surface area contributed by atoms with Gasteiger partial charge in [0.15, 0.2) is 6.10 Å². The minimum atomic E-state index is -0.995. The van der Waals surface area contributed by atoms with E-state index in [1.807, 2.05) is 66.7 Å². The first-order valence-electron chi connectivity index (χ1n) is 12.6. The molecule has 7 nitrogen and oxygen atoms in total. The maximum Gasteiger partial charge on any atom is 0.308 e. The molecule has 0 aliphatic carbocycles. The Kier molecular flexibility index (Phi) is 6.62. The highest BCUT2D eigenvalue weighted by atomic mass is 32.2. The molecule has 0 saturated carbocycles. The number of amides is 1. The molecule has 2 heterocycles. The number of furan rings is 1. The molecule has 6 rings (SSSR count). The minimum absolute atomic E-state index is 0.124. The van der Waals surface area contributed by atoms with Gasteiger partial charge in [0.1, 0.15) is 16.9 Å². The summed E-state index contributed by atoms with van der Waals surface area (Å²) >= 11 is 1.71. The van der Waals surface area contributed by atoms with Gasteiger partial charge in [-0.15, -0.1) is 0 Å². The van der Waals surface area contributed by atoms with Crippen LogP contribution in [0, 0.1) is 0 Å². The number of carbonyl (C=O) groups excluding carboxylic acids is 2. The number of hydrogen-bond acceptors (Lipinski definition) is 7. The summed E-state index contributed by atoms with van der Waals surface area (Å²) in [6.45, 7) is 1.99. The molecule has 1 atom stereocenters. The van der Waals surface area contributed by atoms with Gasteiger partial charge in [0, 0.05) is 33.2 Å². The Morgan fingerprint density at radius 3 is 2.28 bits per heavy atom. The summed E-state index contributed by atoms with van der Waals surface area (Å²) in [5.41, 5.74) is 3.91. The van der Waals surface area contributed by atoms with Crippen LogP contribution in [-0.2, 0) is 14.3 Å². The summed E-state index contributed by atoms with van der Waals surface area (Å²) in [4.78, 5) is 30.2. The number of nitrogens with zero attached hydrogens (tertiary/aromatic N) is 1. The largest absolute Gasteiger partial charge is 0.495 e. The monoisotopic (exact) mass is 538 g/mol. The fourth-order valence-corrected chi connectivity index (χ4v) is 5.88. The molecule has 4 aromatic carbocycles. The predicted molar refractivity (Wildman–Crippen MR) is 153 cm³/mol. The maximum absolute atomic E-state index is 13.0. The molecule has 1 N–H and O–H groups in total. The van der Waals surface area contributed by atoms with Gasteiger partial charge in [0.25, 0.3) is 5.91 Å². The SMILES string of the molecule is COc1cc2c(cc1NC(=O)[C@H](C)OC(=O)CCN1c3ccccc3Sc3ccccc31)oc1ccccc12. The van der Waals surface area contributed by atoms with Gasteiger partial charge in [-0.1, -0.05) is 54.2 Å². The van der Waals surface area contributed by atoms with Gasteiger partial charge >= 0.3 is 5.97 Å². The number of anilines is 3. The summed E-state index contributed by atoms with van der Waals surface area (Å²) in [5.74, 6) is -0.422. The highest BCUT2D eigenvalue weighted by Crippen LogP contribution is 2.47. The molecule has 0 saturated heterocycles. The van der Waals surface area contributed by atoms with E-state index in [0.29, 0.717) is 23.6 Å². The van der Waals surface area contributed by atoms with E-state index in [4.69, 9.17) is 13.9 Å². The third-order valence-corrected chi connectivity index (χ3v) is 7.84. The number of esters is 1. The third-order valence-electron chi connectivity index (χ3n) is 6.71. The van der Waals surface area contributed by atoms with Crippen LogP contribution in [0.3, 0.4) is 0 Å². The average molecular weight is 539 g/mol. The van der Waals surface area contributed by atoms with Gasteiger partial charge in [-0.3, -0.25) is 9.59 Å². The lowest BCUT2D eigenvalue weighted by molar-refractivity contribution is -0.152. The zero-order valence-electron chi connectivity index (χ0n) is 21.5. The normalized spacial score (nSPS) is 13.0. The quantitative estimate of drug-likeness (QED) is 0.220. The van der Waals surface area contributed by atoms with Crippen LogP contribution in [0.15, 0.2) is 99.1 Å². The Morgan fingerprint density at radius 1 is 0.897 bits per heavy atom. The lowest BCUT2D eigenvalue weighted by Gasteiger charge is -2.32. The fourth-order valence-electron chi connectivity index (χ4n) is 4.79. The average Bonchev–Trinajstić information content (AvgIpc) is 3.32. The summed E-state index contributed by atoms with van der Waals surface area (Å²) in [7, 11) is 1.54. The van der Waals surface area contributed by atoms with Gasteiger partial charge in [-0.2, -0.15) is 0 Å². The first-order valence-corrected chi connectivity index (χ1v) is 13.5. The zero-order valence-corrected chi connectivity index (χ0v) is 22.3. The van der Waals surface area contributed by atoms with Crippen molar-refractivity contribution in [2.24, 2.45) is 0 Å². The van der Waals surface area contributed by atoms with Crippen molar-refractivity contribution in [1.29, 1.82) is 0 Å². The Morgan fingerprint density at radius 2 is 1.56 bits per heavy atom. The third kappa shape index (κ3) is 4.79. The summed E-state index contributed by atoms with van der Waals surface area (Å²) in [5, 5.41) is 4.67. The van der Waals surface area contributed by atoms with Crippen LogP contribution < -0.4 is 15.0 Å². The molecule has 0 spiro atoms. The number of ether oxygens (including phenoxy) is 2. The molecular weight excluding hydrogens is 512 g/mol. The minimum Gasteiger partial charge on any atom is -0.495 e. The Labute approximate surface area is 229 Å². The lowest BCUT2D eigenvalue weighted by Crippen LogP contribution is -2.31. The van der Waals surface area contributed by atoms with Gasteiger partial charge in [0.05, 0.1) is 30.6 Å². The predicted octanol–water partition coefficient (Wildman–Crippen LogP) is 7.16. The fraction of sp³-hybridized carbons (Fsp3) is 0.161. The Balaban J connectivity index is 1.13. The van der Waals surface area contributed by atoms with Crippen LogP contribution in [0.25, 0.3) is 21.9 Å². The molecule has 196 valence electrons. The van der Waals surface area contributed by atoms with Crippen molar-refractivity contribution in [3.8, 4) is 5.75 Å². The van der Waals surface area contributed by atoms with Crippen molar-refractivity contribution in [3.05, 3.63) is 84.9 Å². The highest BCUT2D eigenvalue weighted by molar-refractivity contribution is 7.99. The molecule has 1 amide bonds. The lowest BCUT2D eigenvalue weighted by atomic mass is 10.1. The number of fused-ring (bicyclic) bond motifs is 5. The number of para-hydroxylation sites is 3. The van der Waals surface area contributed by atoms with E-state index in [1.165, 1.54) is 7.11 Å². The van der Waals surface area contributed by atoms with E-state index in [1.54, 1.807) is 24.8 Å². The molecule has 0 bridgehead atoms. The van der Waals surface area contributed by atoms with Crippen LogP contribution in [0.4, 0.5) is 17.1 Å². The molecule has 5 aromatic rings. The van der Waals surface area contributed by atoms with Gasteiger partial charge in [-0.25, -0.2) is 0 Å². The number of benzene rings is 4. The van der Waals surface area contributed by atoms with Crippen LogP contribution in [0.5, 0.6) is 5.75 Å². The van der Waals surface area contributed by atoms with E-state index in [2.05, 4.69) is 22.3 Å². The molecule has 1 aromatic heterocycles. The molecule has 0 unspecified atom stereocenters. The van der Waals surface area contributed by atoms with Crippen molar-refractivity contribution in [3.63, 3.8) is 0 Å². The van der Waals surface area contributed by atoms with Gasteiger partial charge < -0.3 is 24.1 Å². The molecule has 1 aliphatic rings. The number of hydrogen-bond donors (Lipinski definition) is 1. The van der Waals surface area contributed by atoms with Crippen LogP contribution in [0.1, 0.15) is 13.3 Å². The van der Waals surface area contributed by atoms with Crippen LogP contribution >= 0.6 is 11.8 Å². The number of carbonyl (C=O) groups is 2. The van der Waals surface area contributed by atoms with E-state index >= 15 is 0 Å². The number of rotatable bonds is 7. The maximum atomic E-state index is 13.0. The second kappa shape index (κ2) is 10.4. The number of nitrogens with one attached hydrogen (secondary N) is 1. The van der Waals surface area contributed by atoms with Gasteiger partial charge in [-0.05, 0) is 43.3 Å². The summed E-state index contributed by atoms with van der Waals surface area (Å²) in [6.07, 6.45) is -0.871. The second-order valence-corrected chi connectivity index (χ2v) is 10.3. The summed E-state index contributed by atoms with van der Waals surface area (Å²) in [6, 6.07) is 27.5. The molecule has 0 radical (unpaired) electrons. The Hall–Kier alpha value is -4.43. The standard InChI is InChI=1S/C31H26N2O5S/c1-19(31(35)32-22-18-26-21(17-27(22)36-2)20-9-3-6-12-25(20)38-26)37-30(34)15-16-33-23-10-4-7-13-28(23)39-29-14-8-5-11-24(29)33/h3-14,17-19H,15-16H2,1-2H3,(H,32,35)/t19-/m0/s1. The second-order valence-electron chi connectivity index (χ2n) is 9.21. The van der Waals surface area contributed by atoms with E-state index < -0.39 is 18.0 Å².